The lowest BCUT2D eigenvalue weighted by Crippen LogP contribution is -2.36. The van der Waals surface area contributed by atoms with E-state index < -0.39 is 0 Å². The summed E-state index contributed by atoms with van der Waals surface area (Å²) in [4.78, 5) is 2.27. The molecule has 2 rings (SSSR count). The fourth-order valence-electron chi connectivity index (χ4n) is 2.27. The van der Waals surface area contributed by atoms with Crippen molar-refractivity contribution in [3.8, 4) is 0 Å². The van der Waals surface area contributed by atoms with E-state index in [1.165, 1.54) is 9.35 Å². The van der Waals surface area contributed by atoms with Crippen LogP contribution in [0.2, 0.25) is 0 Å². The normalized spacial score (nSPS) is 26.4. The Balaban J connectivity index is 1.94. The van der Waals surface area contributed by atoms with E-state index in [1.54, 1.807) is 11.3 Å². The van der Waals surface area contributed by atoms with Crippen LogP contribution < -0.4 is 0 Å². The molecule has 1 aliphatic rings. The second-order valence-electron chi connectivity index (χ2n) is 4.24. The van der Waals surface area contributed by atoms with Gasteiger partial charge in [0.1, 0.15) is 0 Å². The Morgan fingerprint density at radius 1 is 1.60 bits per heavy atom. The van der Waals surface area contributed by atoms with Gasteiger partial charge in [-0.25, -0.2) is 0 Å². The summed E-state index contributed by atoms with van der Waals surface area (Å²) < 4.78 is 1.18. The van der Waals surface area contributed by atoms with Crippen LogP contribution in [0.4, 0.5) is 0 Å². The molecular formula is C11H16BrNOS. The van der Waals surface area contributed by atoms with Crippen molar-refractivity contribution in [2.75, 3.05) is 7.05 Å². The summed E-state index contributed by atoms with van der Waals surface area (Å²) in [6.45, 7) is 0.934. The monoisotopic (exact) mass is 289 g/mol. The molecule has 2 unspecified atom stereocenters. The molecule has 84 valence electrons. The van der Waals surface area contributed by atoms with Crippen molar-refractivity contribution in [3.63, 3.8) is 0 Å². The number of aliphatic hydroxyl groups is 1. The smallest absolute Gasteiger partial charge is 0.0701 e. The lowest BCUT2D eigenvalue weighted by Gasteiger charge is -2.26. The molecular weight excluding hydrogens is 274 g/mol. The highest BCUT2D eigenvalue weighted by Gasteiger charge is 2.28. The number of hydrogen-bond acceptors (Lipinski definition) is 3. The van der Waals surface area contributed by atoms with Crippen LogP contribution in [0.1, 0.15) is 24.8 Å². The minimum atomic E-state index is -0.128. The zero-order valence-electron chi connectivity index (χ0n) is 8.82. The molecule has 2 nitrogen and oxygen atoms in total. The fourth-order valence-corrected chi connectivity index (χ4v) is 3.47. The van der Waals surface area contributed by atoms with Gasteiger partial charge in [-0.05, 0) is 59.2 Å². The van der Waals surface area contributed by atoms with Gasteiger partial charge in [-0.3, -0.25) is 4.90 Å². The minimum absolute atomic E-state index is 0.128. The predicted molar refractivity (Wildman–Crippen MR) is 67.1 cm³/mol. The van der Waals surface area contributed by atoms with Crippen molar-refractivity contribution in [2.24, 2.45) is 0 Å². The minimum Gasteiger partial charge on any atom is -0.391 e. The Kier molecular flexibility index (Phi) is 3.83. The number of rotatable bonds is 3. The molecule has 1 aliphatic carbocycles. The lowest BCUT2D eigenvalue weighted by molar-refractivity contribution is 0.0825. The van der Waals surface area contributed by atoms with Gasteiger partial charge < -0.3 is 5.11 Å². The Bertz CT molecular complexity index is 328. The topological polar surface area (TPSA) is 23.5 Å². The molecule has 0 bridgehead atoms. The second kappa shape index (κ2) is 4.95. The molecule has 1 N–H and O–H groups in total. The van der Waals surface area contributed by atoms with Crippen LogP contribution >= 0.6 is 27.3 Å². The molecule has 1 heterocycles. The van der Waals surface area contributed by atoms with Gasteiger partial charge in [0.2, 0.25) is 0 Å². The number of aliphatic hydroxyl groups excluding tert-OH is 1. The summed E-state index contributed by atoms with van der Waals surface area (Å²) in [5.41, 5.74) is 1.33. The third-order valence-electron chi connectivity index (χ3n) is 3.06. The molecule has 0 aliphatic heterocycles. The van der Waals surface area contributed by atoms with Gasteiger partial charge in [-0.2, -0.15) is 0 Å². The number of thiophene rings is 1. The summed E-state index contributed by atoms with van der Waals surface area (Å²) in [5, 5.41) is 12.0. The van der Waals surface area contributed by atoms with Crippen LogP contribution in [-0.2, 0) is 6.54 Å². The van der Waals surface area contributed by atoms with Crippen molar-refractivity contribution < 1.29 is 5.11 Å². The van der Waals surface area contributed by atoms with Gasteiger partial charge in [-0.1, -0.05) is 0 Å². The first-order chi connectivity index (χ1) is 7.16. The number of likely N-dealkylation sites (N-methyl/N-ethyl adjacent to an activating group) is 1. The Morgan fingerprint density at radius 3 is 2.93 bits per heavy atom. The maximum atomic E-state index is 9.79. The molecule has 0 aromatic carbocycles. The van der Waals surface area contributed by atoms with Crippen LogP contribution in [-0.4, -0.2) is 29.2 Å². The molecule has 1 aromatic rings. The van der Waals surface area contributed by atoms with Gasteiger partial charge in [0, 0.05) is 12.6 Å². The number of hydrogen-bond donors (Lipinski definition) is 1. The van der Waals surface area contributed by atoms with E-state index in [0.717, 1.165) is 25.8 Å². The third kappa shape index (κ3) is 2.81. The van der Waals surface area contributed by atoms with E-state index in [-0.39, 0.29) is 6.10 Å². The van der Waals surface area contributed by atoms with Crippen LogP contribution in [0.15, 0.2) is 15.2 Å². The average Bonchev–Trinajstić information content (AvgIpc) is 2.75. The molecule has 0 amide bonds. The molecule has 15 heavy (non-hydrogen) atoms. The van der Waals surface area contributed by atoms with E-state index in [9.17, 15) is 5.11 Å². The van der Waals surface area contributed by atoms with Gasteiger partial charge in [0.15, 0.2) is 0 Å². The Hall–Kier alpha value is 0.1000. The highest BCUT2D eigenvalue weighted by atomic mass is 79.9. The average molecular weight is 290 g/mol. The highest BCUT2D eigenvalue weighted by Crippen LogP contribution is 2.26. The first kappa shape index (κ1) is 11.6. The standard InChI is InChI=1S/C11H16BrNOS/c1-13(9-3-2-4-10(9)14)6-8-5-11(12)15-7-8/h5,7,9-10,14H,2-4,6H2,1H3. The van der Waals surface area contributed by atoms with Gasteiger partial charge in [-0.15, -0.1) is 11.3 Å². The van der Waals surface area contributed by atoms with Gasteiger partial charge in [0.05, 0.1) is 9.89 Å². The largest absolute Gasteiger partial charge is 0.391 e. The highest BCUT2D eigenvalue weighted by molar-refractivity contribution is 9.11. The predicted octanol–water partition coefficient (Wildman–Crippen LogP) is 2.86. The van der Waals surface area contributed by atoms with E-state index in [2.05, 4.69) is 39.3 Å². The van der Waals surface area contributed by atoms with Crippen molar-refractivity contribution in [3.05, 3.63) is 20.8 Å². The van der Waals surface area contributed by atoms with Crippen LogP contribution in [0, 0.1) is 0 Å². The van der Waals surface area contributed by atoms with Gasteiger partial charge in [0.25, 0.3) is 0 Å². The summed E-state index contributed by atoms with van der Waals surface area (Å²) in [5.74, 6) is 0. The maximum Gasteiger partial charge on any atom is 0.0701 e. The molecule has 1 aromatic heterocycles. The van der Waals surface area contributed by atoms with Gasteiger partial charge >= 0.3 is 0 Å². The lowest BCUT2D eigenvalue weighted by atomic mass is 10.2. The van der Waals surface area contributed by atoms with E-state index in [4.69, 9.17) is 0 Å². The van der Waals surface area contributed by atoms with Crippen molar-refractivity contribution >= 4 is 27.3 Å². The van der Waals surface area contributed by atoms with E-state index in [0.29, 0.717) is 6.04 Å². The van der Waals surface area contributed by atoms with Crippen molar-refractivity contribution in [1.82, 2.24) is 4.90 Å². The van der Waals surface area contributed by atoms with Crippen molar-refractivity contribution in [2.45, 2.75) is 38.0 Å². The summed E-state index contributed by atoms with van der Waals surface area (Å²) in [7, 11) is 2.10. The quantitative estimate of drug-likeness (QED) is 0.925. The molecule has 1 fully saturated rings. The van der Waals surface area contributed by atoms with Crippen molar-refractivity contribution in [1.29, 1.82) is 0 Å². The molecule has 0 saturated heterocycles. The van der Waals surface area contributed by atoms with Crippen LogP contribution in [0.3, 0.4) is 0 Å². The Labute approximate surface area is 103 Å². The molecule has 0 radical (unpaired) electrons. The molecule has 4 heteroatoms. The summed E-state index contributed by atoms with van der Waals surface area (Å²) in [6, 6.07) is 2.51. The third-order valence-corrected chi connectivity index (χ3v) is 4.62. The zero-order chi connectivity index (χ0) is 10.8. The van der Waals surface area contributed by atoms with Crippen LogP contribution in [0.5, 0.6) is 0 Å². The molecule has 2 atom stereocenters. The fraction of sp³-hybridized carbons (Fsp3) is 0.636. The first-order valence-electron chi connectivity index (χ1n) is 5.28. The zero-order valence-corrected chi connectivity index (χ0v) is 11.2. The number of nitrogens with zero attached hydrogens (tertiary/aromatic N) is 1. The second-order valence-corrected chi connectivity index (χ2v) is 6.53. The van der Waals surface area contributed by atoms with Crippen LogP contribution in [0.25, 0.3) is 0 Å². The molecule has 0 spiro atoms. The summed E-state index contributed by atoms with van der Waals surface area (Å²) >= 11 is 5.19. The number of halogens is 1. The molecule has 1 saturated carbocycles. The van der Waals surface area contributed by atoms with E-state index >= 15 is 0 Å². The van der Waals surface area contributed by atoms with E-state index in [1.807, 2.05) is 0 Å². The SMILES string of the molecule is CN(Cc1csc(Br)c1)C1CCCC1O. The Morgan fingerprint density at radius 2 is 2.40 bits per heavy atom. The summed E-state index contributed by atoms with van der Waals surface area (Å²) in [6.07, 6.45) is 3.12. The first-order valence-corrected chi connectivity index (χ1v) is 6.95. The maximum absolute atomic E-state index is 9.79.